The minimum absolute atomic E-state index is 0.189. The van der Waals surface area contributed by atoms with Crippen LogP contribution in [0.25, 0.3) is 0 Å². The summed E-state index contributed by atoms with van der Waals surface area (Å²) in [5, 5.41) is 0. The maximum atomic E-state index is 6.67. The van der Waals surface area contributed by atoms with Gasteiger partial charge in [0, 0.05) is 36.1 Å². The van der Waals surface area contributed by atoms with Crippen LogP contribution in [-0.2, 0) is 37.2 Å². The first-order valence-corrected chi connectivity index (χ1v) is 14.9. The topological polar surface area (TPSA) is 102 Å². The Kier molecular flexibility index (Phi) is 6.83. The van der Waals surface area contributed by atoms with E-state index in [0.29, 0.717) is 5.69 Å². The minimum Gasteiger partial charge on any atom is -0.397 e. The van der Waals surface area contributed by atoms with Gasteiger partial charge in [-0.2, -0.15) is 0 Å². The SMILES string of the molecule is Nc1c(Br)cc(C(CC2CO2)(CC2CO2)c2c(CC3CO3)c(Br)c(N)c(Br)c2CC2CO2)cc1Br. The molecule has 0 saturated carbocycles. The van der Waals surface area contributed by atoms with Gasteiger partial charge in [-0.1, -0.05) is 0 Å². The molecule has 4 heterocycles. The summed E-state index contributed by atoms with van der Waals surface area (Å²) in [6.45, 7) is 3.08. The highest BCUT2D eigenvalue weighted by Crippen LogP contribution is 2.54. The van der Waals surface area contributed by atoms with Crippen molar-refractivity contribution >= 4 is 75.1 Å². The Labute approximate surface area is 238 Å². The van der Waals surface area contributed by atoms with Crippen molar-refractivity contribution in [3.63, 3.8) is 0 Å². The number of hydrogen-bond acceptors (Lipinski definition) is 6. The number of hydrogen-bond donors (Lipinski definition) is 2. The van der Waals surface area contributed by atoms with Crippen molar-refractivity contribution in [1.82, 2.24) is 0 Å². The van der Waals surface area contributed by atoms with E-state index in [1.54, 1.807) is 0 Å². The third-order valence-electron chi connectivity index (χ3n) is 7.34. The molecule has 0 amide bonds. The second kappa shape index (κ2) is 9.52. The molecule has 6 rings (SSSR count). The zero-order valence-electron chi connectivity index (χ0n) is 18.9. The molecular formula is C25H26Br4N2O4. The average Bonchev–Trinajstić information content (AvgIpc) is 3.65. The molecule has 0 aliphatic carbocycles. The predicted octanol–water partition coefficient (Wildman–Crippen LogP) is 5.65. The van der Waals surface area contributed by atoms with Crippen molar-refractivity contribution in [2.24, 2.45) is 0 Å². The predicted molar refractivity (Wildman–Crippen MR) is 149 cm³/mol. The van der Waals surface area contributed by atoms with Gasteiger partial charge in [0.1, 0.15) is 0 Å². The molecule has 4 fully saturated rings. The van der Waals surface area contributed by atoms with Crippen molar-refractivity contribution in [2.45, 2.75) is 55.5 Å². The number of anilines is 2. The molecular weight excluding hydrogens is 712 g/mol. The maximum absolute atomic E-state index is 6.67. The van der Waals surface area contributed by atoms with Crippen LogP contribution >= 0.6 is 63.7 Å². The van der Waals surface area contributed by atoms with E-state index in [0.717, 1.165) is 75.7 Å². The average molecular weight is 738 g/mol. The van der Waals surface area contributed by atoms with Gasteiger partial charge in [-0.25, -0.2) is 0 Å². The third-order valence-corrected chi connectivity index (χ3v) is 10.5. The Morgan fingerprint density at radius 1 is 0.686 bits per heavy atom. The summed E-state index contributed by atoms with van der Waals surface area (Å²) in [4.78, 5) is 0. The van der Waals surface area contributed by atoms with Gasteiger partial charge < -0.3 is 30.4 Å². The largest absolute Gasteiger partial charge is 0.397 e. The van der Waals surface area contributed by atoms with Crippen LogP contribution in [0, 0.1) is 0 Å². The van der Waals surface area contributed by atoms with Gasteiger partial charge in [-0.3, -0.25) is 0 Å². The first-order chi connectivity index (χ1) is 16.8. The van der Waals surface area contributed by atoms with Gasteiger partial charge in [-0.15, -0.1) is 0 Å². The molecule has 0 bridgehead atoms. The van der Waals surface area contributed by atoms with E-state index in [4.69, 9.17) is 30.4 Å². The minimum atomic E-state index is -0.381. The molecule has 4 N–H and O–H groups in total. The van der Waals surface area contributed by atoms with E-state index in [2.05, 4.69) is 75.9 Å². The van der Waals surface area contributed by atoms with Gasteiger partial charge in [0.15, 0.2) is 0 Å². The van der Waals surface area contributed by atoms with E-state index in [-0.39, 0.29) is 29.8 Å². The van der Waals surface area contributed by atoms with Crippen LogP contribution in [0.5, 0.6) is 0 Å². The Hall–Kier alpha value is -0.200. The van der Waals surface area contributed by atoms with Gasteiger partial charge in [0.25, 0.3) is 0 Å². The summed E-state index contributed by atoms with van der Waals surface area (Å²) < 4.78 is 26.7. The zero-order valence-corrected chi connectivity index (χ0v) is 25.3. The zero-order chi connectivity index (χ0) is 24.5. The van der Waals surface area contributed by atoms with Crippen LogP contribution in [-0.4, -0.2) is 50.8 Å². The molecule has 0 radical (unpaired) electrons. The van der Waals surface area contributed by atoms with Crippen LogP contribution in [0.4, 0.5) is 11.4 Å². The van der Waals surface area contributed by atoms with Gasteiger partial charge in [-0.05, 0) is 111 Å². The summed E-state index contributed by atoms with van der Waals surface area (Å²) >= 11 is 15.2. The fraction of sp³-hybridized carbons (Fsp3) is 0.520. The Balaban J connectivity index is 1.65. The molecule has 6 nitrogen and oxygen atoms in total. The molecule has 4 aliphatic heterocycles. The van der Waals surface area contributed by atoms with Crippen molar-refractivity contribution in [3.05, 3.63) is 52.3 Å². The second-order valence-electron chi connectivity index (χ2n) is 9.95. The molecule has 188 valence electrons. The van der Waals surface area contributed by atoms with Crippen molar-refractivity contribution in [2.75, 3.05) is 37.9 Å². The van der Waals surface area contributed by atoms with Crippen LogP contribution in [0.2, 0.25) is 0 Å². The summed E-state index contributed by atoms with van der Waals surface area (Å²) in [6, 6.07) is 4.33. The van der Waals surface area contributed by atoms with E-state index in [1.165, 1.54) is 22.3 Å². The van der Waals surface area contributed by atoms with Crippen molar-refractivity contribution in [1.29, 1.82) is 0 Å². The fourth-order valence-electron chi connectivity index (χ4n) is 5.29. The number of halogens is 4. The quantitative estimate of drug-likeness (QED) is 0.242. The van der Waals surface area contributed by atoms with E-state index >= 15 is 0 Å². The molecule has 0 aromatic heterocycles. The molecule has 4 aliphatic rings. The van der Waals surface area contributed by atoms with Gasteiger partial charge >= 0.3 is 0 Å². The lowest BCUT2D eigenvalue weighted by Crippen LogP contribution is -2.35. The molecule has 10 heteroatoms. The van der Waals surface area contributed by atoms with Crippen molar-refractivity contribution in [3.8, 4) is 0 Å². The number of ether oxygens (including phenoxy) is 4. The summed E-state index contributed by atoms with van der Waals surface area (Å²) in [5.74, 6) is 0. The molecule has 35 heavy (non-hydrogen) atoms. The summed E-state index contributed by atoms with van der Waals surface area (Å²) in [7, 11) is 0. The van der Waals surface area contributed by atoms with Gasteiger partial charge in [0.05, 0.1) is 62.2 Å². The highest BCUT2D eigenvalue weighted by Gasteiger charge is 2.49. The van der Waals surface area contributed by atoms with Crippen LogP contribution in [0.3, 0.4) is 0 Å². The highest BCUT2D eigenvalue weighted by atomic mass is 79.9. The Morgan fingerprint density at radius 2 is 1.09 bits per heavy atom. The number of epoxide rings is 4. The molecule has 4 unspecified atom stereocenters. The standard InChI is InChI=1S/C25H26Br4N2O4/c26-18-1-11(2-19(27)23(18)30)25(5-14-9-34-14,6-15-10-35-15)20-16(3-12-7-32-12)21(28)24(31)22(29)17(20)4-13-8-33-13/h1-2,12-15H,3-10,30-31H2. The normalized spacial score (nSPS) is 28.0. The lowest BCUT2D eigenvalue weighted by molar-refractivity contribution is 0.296. The molecule has 4 atom stereocenters. The Morgan fingerprint density at radius 3 is 1.46 bits per heavy atom. The molecule has 0 spiro atoms. The first-order valence-electron chi connectivity index (χ1n) is 11.8. The number of nitrogens with two attached hydrogens (primary N) is 2. The summed E-state index contributed by atoms with van der Waals surface area (Å²) in [5.41, 5.74) is 18.9. The lowest BCUT2D eigenvalue weighted by Gasteiger charge is -2.39. The Bertz CT molecular complexity index is 1100. The highest BCUT2D eigenvalue weighted by molar-refractivity contribution is 9.11. The maximum Gasteiger partial charge on any atom is 0.0850 e. The van der Waals surface area contributed by atoms with Crippen LogP contribution in [0.1, 0.15) is 35.1 Å². The number of nitrogen functional groups attached to an aromatic ring is 2. The second-order valence-corrected chi connectivity index (χ2v) is 13.2. The molecule has 2 aromatic rings. The molecule has 2 aromatic carbocycles. The first kappa shape index (κ1) is 25.1. The van der Waals surface area contributed by atoms with E-state index < -0.39 is 0 Å². The van der Waals surface area contributed by atoms with Crippen LogP contribution < -0.4 is 11.5 Å². The monoisotopic (exact) mass is 734 g/mol. The van der Waals surface area contributed by atoms with E-state index in [9.17, 15) is 0 Å². The van der Waals surface area contributed by atoms with E-state index in [1.807, 2.05) is 0 Å². The third kappa shape index (κ3) is 5.11. The lowest BCUT2D eigenvalue weighted by atomic mass is 9.64. The molecule has 4 saturated heterocycles. The fourth-order valence-corrected chi connectivity index (χ4v) is 7.86. The van der Waals surface area contributed by atoms with Gasteiger partial charge in [0.2, 0.25) is 0 Å². The summed E-state index contributed by atoms with van der Waals surface area (Å²) in [6.07, 6.45) is 4.05. The number of rotatable bonds is 10. The smallest absolute Gasteiger partial charge is 0.0850 e. The van der Waals surface area contributed by atoms with Crippen LogP contribution in [0.15, 0.2) is 30.0 Å². The van der Waals surface area contributed by atoms with Crippen molar-refractivity contribution < 1.29 is 18.9 Å². The number of benzene rings is 2.